The van der Waals surface area contributed by atoms with E-state index in [1.54, 1.807) is 7.11 Å². The van der Waals surface area contributed by atoms with E-state index in [1.807, 2.05) is 0 Å². The third kappa shape index (κ3) is 4.04. The van der Waals surface area contributed by atoms with Crippen molar-refractivity contribution in [3.63, 3.8) is 0 Å². The van der Waals surface area contributed by atoms with Crippen molar-refractivity contribution in [2.45, 2.75) is 64.1 Å². The topological polar surface area (TPSA) is 27.7 Å². The normalized spacial score (nSPS) is 22.0. The minimum absolute atomic E-state index is 0.00328. The Morgan fingerprint density at radius 3 is 1.85 bits per heavy atom. The Labute approximate surface area is 164 Å². The second-order valence-electron chi connectivity index (χ2n) is 8.40. The molecule has 0 spiro atoms. The summed E-state index contributed by atoms with van der Waals surface area (Å²) < 4.78 is 18.6. The molecule has 0 saturated carbocycles. The van der Waals surface area contributed by atoms with Crippen molar-refractivity contribution in [1.29, 1.82) is 0 Å². The fourth-order valence-corrected chi connectivity index (χ4v) is 8.92. The average Bonchev–Trinajstić information content (AvgIpc) is 3.16. The van der Waals surface area contributed by atoms with Crippen molar-refractivity contribution in [2.24, 2.45) is 0 Å². The molecule has 0 aliphatic carbocycles. The van der Waals surface area contributed by atoms with Crippen LogP contribution in [0.1, 0.15) is 40.5 Å². The van der Waals surface area contributed by atoms with E-state index in [1.165, 1.54) is 10.4 Å². The lowest BCUT2D eigenvalue weighted by molar-refractivity contribution is -0.133. The van der Waals surface area contributed by atoms with Crippen LogP contribution in [0.25, 0.3) is 0 Å². The maximum atomic E-state index is 7.11. The van der Waals surface area contributed by atoms with E-state index >= 15 is 0 Å². The quantitative estimate of drug-likeness (QED) is 0.702. The van der Waals surface area contributed by atoms with Crippen LogP contribution in [-0.4, -0.2) is 33.9 Å². The largest absolute Gasteiger partial charge is 0.402 e. The van der Waals surface area contributed by atoms with E-state index in [4.69, 9.17) is 13.9 Å². The molecular formula is C23H32O3Si. The highest BCUT2D eigenvalue weighted by molar-refractivity contribution is 6.99. The molecule has 27 heavy (non-hydrogen) atoms. The summed E-state index contributed by atoms with van der Waals surface area (Å²) in [5.74, 6) is 0. The van der Waals surface area contributed by atoms with Gasteiger partial charge in [-0.15, -0.1) is 0 Å². The van der Waals surface area contributed by atoms with E-state index in [0.717, 1.165) is 12.8 Å². The zero-order valence-electron chi connectivity index (χ0n) is 17.1. The first-order chi connectivity index (χ1) is 12.9. The van der Waals surface area contributed by atoms with Crippen molar-refractivity contribution in [3.8, 4) is 0 Å². The van der Waals surface area contributed by atoms with Crippen molar-refractivity contribution in [1.82, 2.24) is 0 Å². The van der Waals surface area contributed by atoms with Crippen LogP contribution in [0.4, 0.5) is 0 Å². The highest BCUT2D eigenvalue weighted by atomic mass is 28.4. The minimum Gasteiger partial charge on any atom is -0.402 e. The molecule has 0 bridgehead atoms. The van der Waals surface area contributed by atoms with Crippen LogP contribution in [-0.2, 0) is 13.9 Å². The van der Waals surface area contributed by atoms with Gasteiger partial charge < -0.3 is 13.9 Å². The summed E-state index contributed by atoms with van der Waals surface area (Å²) >= 11 is 0. The van der Waals surface area contributed by atoms with Crippen LogP contribution < -0.4 is 10.4 Å². The first kappa shape index (κ1) is 20.3. The first-order valence-electron chi connectivity index (χ1n) is 9.85. The third-order valence-corrected chi connectivity index (χ3v) is 10.7. The molecule has 1 aliphatic heterocycles. The molecule has 0 amide bonds. The second kappa shape index (κ2) is 8.27. The van der Waals surface area contributed by atoms with Gasteiger partial charge in [0.05, 0.1) is 12.2 Å². The molecule has 0 N–H and O–H groups in total. The summed E-state index contributed by atoms with van der Waals surface area (Å²) in [6.07, 6.45) is 1.85. The van der Waals surface area contributed by atoms with Gasteiger partial charge in [0.15, 0.2) is 6.29 Å². The molecule has 2 aromatic carbocycles. The summed E-state index contributed by atoms with van der Waals surface area (Å²) in [6, 6.07) is 21.5. The fourth-order valence-electron chi connectivity index (χ4n) is 4.20. The lowest BCUT2D eigenvalue weighted by Crippen LogP contribution is -2.68. The summed E-state index contributed by atoms with van der Waals surface area (Å²) in [5, 5.41) is 2.58. The Balaban J connectivity index is 2.04. The standard InChI is InChI=1S/C23H32O3Si/c1-18(21-16-17-22(24-5)25-21)26-27(23(2,3)4,19-12-8-6-9-13-19)20-14-10-7-11-15-20/h6-15,18,21-22H,16-17H2,1-5H3/t18-,21+,22+/m1/s1. The molecule has 1 heterocycles. The van der Waals surface area contributed by atoms with Gasteiger partial charge in [0, 0.05) is 13.5 Å². The minimum atomic E-state index is -2.53. The molecule has 1 fully saturated rings. The summed E-state index contributed by atoms with van der Waals surface area (Å²) in [5.41, 5.74) is 0. The number of rotatable bonds is 6. The Morgan fingerprint density at radius 1 is 0.926 bits per heavy atom. The van der Waals surface area contributed by atoms with Crippen LogP contribution >= 0.6 is 0 Å². The van der Waals surface area contributed by atoms with Gasteiger partial charge in [-0.3, -0.25) is 0 Å². The first-order valence-corrected chi connectivity index (χ1v) is 11.8. The summed E-state index contributed by atoms with van der Waals surface area (Å²) in [6.45, 7) is 9.07. The van der Waals surface area contributed by atoms with Gasteiger partial charge in [-0.2, -0.15) is 0 Å². The van der Waals surface area contributed by atoms with E-state index < -0.39 is 8.32 Å². The molecular weight excluding hydrogens is 352 g/mol. The molecule has 2 aromatic rings. The molecule has 3 atom stereocenters. The van der Waals surface area contributed by atoms with Crippen LogP contribution in [0.3, 0.4) is 0 Å². The number of hydrogen-bond acceptors (Lipinski definition) is 3. The molecule has 3 rings (SSSR count). The van der Waals surface area contributed by atoms with Crippen molar-refractivity contribution < 1.29 is 13.9 Å². The maximum absolute atomic E-state index is 7.11. The second-order valence-corrected chi connectivity index (χ2v) is 12.7. The van der Waals surface area contributed by atoms with E-state index in [0.29, 0.717) is 0 Å². The van der Waals surface area contributed by atoms with Gasteiger partial charge >= 0.3 is 0 Å². The van der Waals surface area contributed by atoms with Crippen LogP contribution in [0.15, 0.2) is 60.7 Å². The predicted octanol–water partition coefficient (Wildman–Crippen LogP) is 4.10. The molecule has 3 nitrogen and oxygen atoms in total. The Hall–Kier alpha value is -1.46. The SMILES string of the molecule is CO[C@@H]1CC[C@@H]([C@@H](C)O[Si](c2ccccc2)(c2ccccc2)C(C)(C)C)O1. The molecule has 1 aliphatic rings. The highest BCUT2D eigenvalue weighted by Gasteiger charge is 2.52. The molecule has 4 heteroatoms. The zero-order chi connectivity index (χ0) is 19.5. The van der Waals surface area contributed by atoms with Gasteiger partial charge in [-0.25, -0.2) is 0 Å². The molecule has 1 saturated heterocycles. The Bertz CT molecular complexity index is 672. The Kier molecular flexibility index (Phi) is 6.21. The fraction of sp³-hybridized carbons (Fsp3) is 0.478. The third-order valence-electron chi connectivity index (χ3n) is 5.58. The monoisotopic (exact) mass is 384 g/mol. The highest BCUT2D eigenvalue weighted by Crippen LogP contribution is 2.38. The number of methoxy groups -OCH3 is 1. The maximum Gasteiger partial charge on any atom is 0.261 e. The van der Waals surface area contributed by atoms with E-state index in [9.17, 15) is 0 Å². The van der Waals surface area contributed by atoms with Crippen molar-refractivity contribution >= 4 is 18.7 Å². The van der Waals surface area contributed by atoms with Gasteiger partial charge in [0.25, 0.3) is 8.32 Å². The number of benzene rings is 2. The van der Waals surface area contributed by atoms with Gasteiger partial charge in [0.2, 0.25) is 0 Å². The molecule has 0 radical (unpaired) electrons. The number of ether oxygens (including phenoxy) is 2. The molecule has 0 unspecified atom stereocenters. The summed E-state index contributed by atoms with van der Waals surface area (Å²) in [4.78, 5) is 0. The lowest BCUT2D eigenvalue weighted by Gasteiger charge is -2.45. The average molecular weight is 385 g/mol. The van der Waals surface area contributed by atoms with Crippen LogP contribution in [0.2, 0.25) is 5.04 Å². The predicted molar refractivity (Wildman–Crippen MR) is 113 cm³/mol. The molecule has 146 valence electrons. The van der Waals surface area contributed by atoms with Gasteiger partial charge in [0.1, 0.15) is 0 Å². The lowest BCUT2D eigenvalue weighted by atomic mass is 10.1. The van der Waals surface area contributed by atoms with Crippen molar-refractivity contribution in [2.75, 3.05) is 7.11 Å². The van der Waals surface area contributed by atoms with Crippen LogP contribution in [0, 0.1) is 0 Å². The van der Waals surface area contributed by atoms with E-state index in [-0.39, 0.29) is 23.5 Å². The van der Waals surface area contributed by atoms with Crippen LogP contribution in [0.5, 0.6) is 0 Å². The van der Waals surface area contributed by atoms with Gasteiger partial charge in [-0.05, 0) is 28.8 Å². The summed E-state index contributed by atoms with van der Waals surface area (Å²) in [7, 11) is -0.824. The van der Waals surface area contributed by atoms with Crippen molar-refractivity contribution in [3.05, 3.63) is 60.7 Å². The smallest absolute Gasteiger partial charge is 0.261 e. The Morgan fingerprint density at radius 2 is 1.44 bits per heavy atom. The van der Waals surface area contributed by atoms with E-state index in [2.05, 4.69) is 88.4 Å². The van der Waals surface area contributed by atoms with Gasteiger partial charge in [-0.1, -0.05) is 81.4 Å². The zero-order valence-corrected chi connectivity index (χ0v) is 18.1. The molecule has 0 aromatic heterocycles. The number of hydrogen-bond donors (Lipinski definition) is 0.